The van der Waals surface area contributed by atoms with Crippen molar-refractivity contribution in [3.8, 4) is 0 Å². The molecule has 1 aromatic heterocycles. The van der Waals surface area contributed by atoms with Gasteiger partial charge in [-0.3, -0.25) is 0 Å². The molecule has 0 aliphatic carbocycles. The van der Waals surface area contributed by atoms with E-state index in [-0.39, 0.29) is 4.90 Å². The molecule has 5 nitrogen and oxygen atoms in total. The smallest absolute Gasteiger partial charge is 0.213 e. The first-order valence-corrected chi connectivity index (χ1v) is 14.4. The molecule has 5 aromatic rings. The second kappa shape index (κ2) is 10.8. The number of aromatic nitrogens is 1. The summed E-state index contributed by atoms with van der Waals surface area (Å²) < 4.78 is 34.8. The number of hydrogen-bond donors (Lipinski definition) is 0. The van der Waals surface area contributed by atoms with Gasteiger partial charge < -0.3 is 4.55 Å². The maximum atomic E-state index is 10.4. The van der Waals surface area contributed by atoms with Crippen molar-refractivity contribution in [2.75, 3.05) is 6.54 Å². The van der Waals surface area contributed by atoms with Gasteiger partial charge in [0.05, 0.1) is 15.1 Å². The zero-order chi connectivity index (χ0) is 26.7. The Bertz CT molecular complexity index is 1840. The summed E-state index contributed by atoms with van der Waals surface area (Å²) in [7, 11) is -4.27. The second-order valence-electron chi connectivity index (χ2n) is 9.03. The van der Waals surface area contributed by atoms with E-state index in [1.165, 1.54) is 44.2 Å². The van der Waals surface area contributed by atoms with Crippen LogP contribution in [0.25, 0.3) is 21.9 Å². The molecule has 6 rings (SSSR count). The molecule has 1 aliphatic heterocycles. The van der Waals surface area contributed by atoms with Crippen molar-refractivity contribution in [2.45, 2.75) is 18.7 Å². The monoisotopic (exact) mass is 538 g/mol. The Balaban J connectivity index is 0.000000226. The first-order chi connectivity index (χ1) is 18.3. The van der Waals surface area contributed by atoms with Crippen LogP contribution in [0.3, 0.4) is 0 Å². The SMILES string of the molecule is CC(=C1C=c2ccccc2=[N+](c2ccccc2)C1)c1nc2ccccc2s1.Cc1ccc(S(=O)(=O)[O-])cc1. The molecule has 4 aromatic carbocycles. The molecule has 0 radical (unpaired) electrons. The normalized spacial score (nSPS) is 14.2. The van der Waals surface area contributed by atoms with Gasteiger partial charge >= 0.3 is 0 Å². The highest BCUT2D eigenvalue weighted by atomic mass is 32.2. The third kappa shape index (κ3) is 5.65. The predicted octanol–water partition coefficient (Wildman–Crippen LogP) is 5.29. The Kier molecular flexibility index (Phi) is 7.33. The Morgan fingerprint density at radius 3 is 2.24 bits per heavy atom. The van der Waals surface area contributed by atoms with Gasteiger partial charge in [0, 0.05) is 29.0 Å². The fraction of sp³-hybridized carbons (Fsp3) is 0.0968. The lowest BCUT2D eigenvalue weighted by Crippen LogP contribution is -2.41. The topological polar surface area (TPSA) is 73.1 Å². The van der Waals surface area contributed by atoms with E-state index in [0.717, 1.165) is 22.6 Å². The first-order valence-electron chi connectivity index (χ1n) is 12.1. The fourth-order valence-corrected chi connectivity index (χ4v) is 5.76. The van der Waals surface area contributed by atoms with Crippen LogP contribution in [0.1, 0.15) is 17.5 Å². The van der Waals surface area contributed by atoms with Crippen LogP contribution in [-0.4, -0.2) is 24.5 Å². The molecule has 0 N–H and O–H groups in total. The number of nitrogens with zero attached hydrogens (tertiary/aromatic N) is 2. The summed E-state index contributed by atoms with van der Waals surface area (Å²) in [6.45, 7) is 4.87. The van der Waals surface area contributed by atoms with Crippen LogP contribution in [0.15, 0.2) is 114 Å². The zero-order valence-corrected chi connectivity index (χ0v) is 22.7. The molecule has 0 fully saturated rings. The lowest BCUT2D eigenvalue weighted by Gasteiger charge is -2.11. The summed E-state index contributed by atoms with van der Waals surface area (Å²) in [6.07, 6.45) is 2.32. The van der Waals surface area contributed by atoms with Crippen LogP contribution in [0, 0.1) is 6.92 Å². The summed E-state index contributed by atoms with van der Waals surface area (Å²) in [4.78, 5) is 4.69. The summed E-state index contributed by atoms with van der Waals surface area (Å²) in [5.41, 5.74) is 5.79. The molecule has 1 aliphatic rings. The van der Waals surface area contributed by atoms with Gasteiger partial charge in [-0.15, -0.1) is 11.3 Å². The predicted molar refractivity (Wildman–Crippen MR) is 154 cm³/mol. The molecule has 0 amide bonds. The molecule has 0 unspecified atom stereocenters. The van der Waals surface area contributed by atoms with Crippen molar-refractivity contribution in [1.29, 1.82) is 0 Å². The van der Waals surface area contributed by atoms with Crippen LogP contribution >= 0.6 is 11.3 Å². The molecule has 0 spiro atoms. The van der Waals surface area contributed by atoms with Crippen LogP contribution in [0.2, 0.25) is 0 Å². The standard InChI is InChI=1S/C24H19N2S.C7H8O3S/c1-17(24-25-21-12-6-8-14-23(21)27-24)19-15-18-9-5-7-13-22(18)26(16-19)20-10-3-2-4-11-20;1-6-2-4-7(5-3-6)11(8,9)10/h2-15H,16H2,1H3;2-5H,1H3,(H,8,9,10)/q+1;/p-1. The van der Waals surface area contributed by atoms with Gasteiger partial charge in [-0.05, 0) is 55.8 Å². The molecule has 38 heavy (non-hydrogen) atoms. The third-order valence-electron chi connectivity index (χ3n) is 6.36. The maximum Gasteiger partial charge on any atom is 0.213 e. The van der Waals surface area contributed by atoms with E-state index in [9.17, 15) is 13.0 Å². The van der Waals surface area contributed by atoms with Gasteiger partial charge in [-0.1, -0.05) is 60.2 Å². The van der Waals surface area contributed by atoms with E-state index in [0.29, 0.717) is 0 Å². The van der Waals surface area contributed by atoms with Gasteiger partial charge in [0.2, 0.25) is 11.0 Å². The van der Waals surface area contributed by atoms with Crippen LogP contribution in [-0.2, 0) is 10.1 Å². The lowest BCUT2D eigenvalue weighted by molar-refractivity contribution is 0.463. The van der Waals surface area contributed by atoms with Gasteiger partial charge in [-0.2, -0.15) is 4.58 Å². The first kappa shape index (κ1) is 25.7. The van der Waals surface area contributed by atoms with E-state index in [2.05, 4.69) is 96.4 Å². The maximum absolute atomic E-state index is 10.4. The summed E-state index contributed by atoms with van der Waals surface area (Å²) >= 11 is 1.77. The number of rotatable bonds is 3. The molecule has 2 heterocycles. The lowest BCUT2D eigenvalue weighted by atomic mass is 10.0. The molecular formula is C31H26N2O3S2. The van der Waals surface area contributed by atoms with Crippen LogP contribution < -0.4 is 15.2 Å². The van der Waals surface area contributed by atoms with Gasteiger partial charge in [-0.25, -0.2) is 13.4 Å². The highest BCUT2D eigenvalue weighted by molar-refractivity contribution is 7.85. The molecule has 0 saturated carbocycles. The second-order valence-corrected chi connectivity index (χ2v) is 11.4. The number of allylic oxidation sites excluding steroid dienone is 1. The van der Waals surface area contributed by atoms with Gasteiger partial charge in [0.25, 0.3) is 0 Å². The fourth-order valence-electron chi connectivity index (χ4n) is 4.28. The Hall–Kier alpha value is -3.91. The number of benzene rings is 4. The Morgan fingerprint density at radius 2 is 1.53 bits per heavy atom. The number of para-hydroxylation sites is 3. The molecule has 7 heteroatoms. The van der Waals surface area contributed by atoms with Crippen LogP contribution in [0.5, 0.6) is 0 Å². The zero-order valence-electron chi connectivity index (χ0n) is 21.0. The minimum absolute atomic E-state index is 0.178. The summed E-state index contributed by atoms with van der Waals surface area (Å²) in [5, 5.41) is 3.61. The Morgan fingerprint density at radius 1 is 0.868 bits per heavy atom. The molecule has 0 bridgehead atoms. The van der Waals surface area contributed by atoms with Gasteiger partial charge in [0.15, 0.2) is 6.54 Å². The van der Waals surface area contributed by atoms with E-state index in [1.54, 1.807) is 23.5 Å². The molecule has 0 atom stereocenters. The highest BCUT2D eigenvalue weighted by Crippen LogP contribution is 2.29. The van der Waals surface area contributed by atoms with Crippen molar-refractivity contribution in [3.05, 3.63) is 130 Å². The average Bonchev–Trinajstić information content (AvgIpc) is 3.37. The van der Waals surface area contributed by atoms with Crippen molar-refractivity contribution in [2.24, 2.45) is 0 Å². The van der Waals surface area contributed by atoms with E-state index in [1.807, 2.05) is 6.92 Å². The summed E-state index contributed by atoms with van der Waals surface area (Å²) in [5.74, 6) is 0. The largest absolute Gasteiger partial charge is 0.744 e. The number of fused-ring (bicyclic) bond motifs is 2. The quantitative estimate of drug-likeness (QED) is 0.231. The van der Waals surface area contributed by atoms with Crippen molar-refractivity contribution in [3.63, 3.8) is 0 Å². The van der Waals surface area contributed by atoms with Crippen molar-refractivity contribution in [1.82, 2.24) is 9.56 Å². The number of thiazole rings is 1. The number of aryl methyl sites for hydroxylation is 1. The summed E-state index contributed by atoms with van der Waals surface area (Å²) in [6, 6.07) is 33.3. The van der Waals surface area contributed by atoms with Gasteiger partial charge in [0.1, 0.15) is 15.1 Å². The van der Waals surface area contributed by atoms with E-state index >= 15 is 0 Å². The third-order valence-corrected chi connectivity index (χ3v) is 8.37. The van der Waals surface area contributed by atoms with Crippen molar-refractivity contribution < 1.29 is 13.0 Å². The van der Waals surface area contributed by atoms with Crippen molar-refractivity contribution >= 4 is 49.0 Å². The molecular weight excluding hydrogens is 512 g/mol. The Labute approximate surface area is 226 Å². The average molecular weight is 539 g/mol. The van der Waals surface area contributed by atoms with Crippen LogP contribution in [0.4, 0.5) is 5.69 Å². The molecule has 0 saturated heterocycles. The minimum atomic E-state index is -4.27. The van der Waals surface area contributed by atoms with E-state index < -0.39 is 10.1 Å². The highest BCUT2D eigenvalue weighted by Gasteiger charge is 2.20. The molecule has 190 valence electrons. The van der Waals surface area contributed by atoms with E-state index in [4.69, 9.17) is 4.98 Å². The minimum Gasteiger partial charge on any atom is -0.744 e. The number of hydrogen-bond acceptors (Lipinski definition) is 5.